The Morgan fingerprint density at radius 2 is 2.29 bits per heavy atom. The fraction of sp³-hybridized carbons (Fsp3) is 0.750. The summed E-state index contributed by atoms with van der Waals surface area (Å²) < 4.78 is 0. The van der Waals surface area contributed by atoms with Crippen molar-refractivity contribution in [2.45, 2.75) is 6.92 Å². The lowest BCUT2D eigenvalue weighted by Gasteiger charge is -2.05. The molecule has 0 aliphatic carbocycles. The summed E-state index contributed by atoms with van der Waals surface area (Å²) in [6.45, 7) is 1.83. The van der Waals surface area contributed by atoms with Gasteiger partial charge in [-0.05, 0) is 6.92 Å². The quantitative estimate of drug-likeness (QED) is 0.374. The predicted octanol–water partition coefficient (Wildman–Crippen LogP) is 0.485. The van der Waals surface area contributed by atoms with Crippen molar-refractivity contribution in [2.75, 3.05) is 14.2 Å². The highest BCUT2D eigenvalue weighted by atomic mass is 16.7. The lowest BCUT2D eigenvalue weighted by molar-refractivity contribution is -0.107. The molecule has 7 heavy (non-hydrogen) atoms. The molecule has 0 heterocycles. The van der Waals surface area contributed by atoms with Crippen LogP contribution >= 0.6 is 0 Å². The van der Waals surface area contributed by atoms with Gasteiger partial charge in [0.25, 0.3) is 0 Å². The molecule has 0 atom stereocenters. The number of hydrogen-bond acceptors (Lipinski definition) is 3. The lowest BCUT2D eigenvalue weighted by atomic mass is 10.9. The molecule has 0 spiro atoms. The molecule has 3 nitrogen and oxygen atoms in total. The summed E-state index contributed by atoms with van der Waals surface area (Å²) in [5.41, 5.74) is 0. The van der Waals surface area contributed by atoms with E-state index < -0.39 is 0 Å². The van der Waals surface area contributed by atoms with E-state index in [-0.39, 0.29) is 0 Å². The molecule has 0 bridgehead atoms. The van der Waals surface area contributed by atoms with Gasteiger partial charge >= 0.3 is 0 Å². The van der Waals surface area contributed by atoms with Crippen LogP contribution in [0.4, 0.5) is 0 Å². The van der Waals surface area contributed by atoms with E-state index in [1.807, 2.05) is 6.92 Å². The maximum atomic E-state index is 4.63. The van der Waals surface area contributed by atoms with Crippen molar-refractivity contribution in [1.82, 2.24) is 5.17 Å². The van der Waals surface area contributed by atoms with E-state index in [2.05, 4.69) is 9.94 Å². The molecule has 0 unspecified atom stereocenters. The highest BCUT2D eigenvalue weighted by Crippen LogP contribution is 1.76. The van der Waals surface area contributed by atoms with Gasteiger partial charge < -0.3 is 0 Å². The molecule has 0 saturated heterocycles. The van der Waals surface area contributed by atoms with Crippen LogP contribution in [-0.2, 0) is 4.84 Å². The second kappa shape index (κ2) is 3.61. The number of nitrogens with zero attached hydrogens (tertiary/aromatic N) is 2. The number of hydrazone groups is 1. The summed E-state index contributed by atoms with van der Waals surface area (Å²) >= 11 is 0. The second-order valence-corrected chi connectivity index (χ2v) is 1.02. The molecule has 0 amide bonds. The molecule has 3 heteroatoms. The first-order valence-corrected chi connectivity index (χ1v) is 2.07. The summed E-state index contributed by atoms with van der Waals surface area (Å²) in [7, 11) is 3.28. The molecule has 0 aromatic rings. The number of hydrogen-bond donors (Lipinski definition) is 0. The van der Waals surface area contributed by atoms with Crippen LogP contribution in [0.1, 0.15) is 6.92 Å². The zero-order valence-corrected chi connectivity index (χ0v) is 4.88. The summed E-state index contributed by atoms with van der Waals surface area (Å²) in [5.74, 6) is 0. The Hall–Kier alpha value is -0.570. The van der Waals surface area contributed by atoms with Crippen molar-refractivity contribution in [3.05, 3.63) is 0 Å². The van der Waals surface area contributed by atoms with Crippen LogP contribution in [0.15, 0.2) is 5.10 Å². The molecule has 0 fully saturated rings. The summed E-state index contributed by atoms with van der Waals surface area (Å²) in [6, 6.07) is 0. The third-order valence-electron chi connectivity index (χ3n) is 0.542. The van der Waals surface area contributed by atoms with Gasteiger partial charge in [0, 0.05) is 6.21 Å². The third kappa shape index (κ3) is 3.26. The largest absolute Gasteiger partial charge is 0.260 e. The van der Waals surface area contributed by atoms with Crippen LogP contribution in [0.2, 0.25) is 0 Å². The lowest BCUT2D eigenvalue weighted by Crippen LogP contribution is -2.07. The molecule has 0 saturated carbocycles. The minimum absolute atomic E-state index is 1.38. The van der Waals surface area contributed by atoms with Crippen molar-refractivity contribution < 1.29 is 4.84 Å². The number of rotatable bonds is 2. The van der Waals surface area contributed by atoms with E-state index >= 15 is 0 Å². The molecule has 0 aliphatic heterocycles. The van der Waals surface area contributed by atoms with Gasteiger partial charge in [-0.1, -0.05) is 0 Å². The highest BCUT2D eigenvalue weighted by molar-refractivity contribution is 5.52. The van der Waals surface area contributed by atoms with Gasteiger partial charge in [0.1, 0.15) is 0 Å². The van der Waals surface area contributed by atoms with Crippen LogP contribution in [0.25, 0.3) is 0 Å². The summed E-state index contributed by atoms with van der Waals surface area (Å²) in [6.07, 6.45) is 1.66. The van der Waals surface area contributed by atoms with Gasteiger partial charge in [0.2, 0.25) is 0 Å². The molecule has 0 aromatic heterocycles. The standard InChI is InChI=1S/C4H10N2O/c1-4-5-6(2)7-3/h4H,1-3H3/b5-4-. The van der Waals surface area contributed by atoms with E-state index in [1.165, 1.54) is 5.17 Å². The molecule has 42 valence electrons. The topological polar surface area (TPSA) is 24.8 Å². The SMILES string of the molecule is C/C=N\N(C)OC. The van der Waals surface area contributed by atoms with Crippen LogP contribution in [0.3, 0.4) is 0 Å². The Kier molecular flexibility index (Phi) is 3.32. The smallest absolute Gasteiger partial charge is 0.0657 e. The van der Waals surface area contributed by atoms with Gasteiger partial charge in [-0.25, -0.2) is 0 Å². The van der Waals surface area contributed by atoms with Gasteiger partial charge in [0.15, 0.2) is 0 Å². The van der Waals surface area contributed by atoms with Crippen molar-refractivity contribution >= 4 is 6.21 Å². The fourth-order valence-corrected chi connectivity index (χ4v) is 0.210. The van der Waals surface area contributed by atoms with E-state index in [9.17, 15) is 0 Å². The Balaban J connectivity index is 3.16. The Bertz CT molecular complexity index is 62.7. The summed E-state index contributed by atoms with van der Waals surface area (Å²) in [5, 5.41) is 5.10. The van der Waals surface area contributed by atoms with Crippen molar-refractivity contribution in [3.63, 3.8) is 0 Å². The molecular weight excluding hydrogens is 92.1 g/mol. The Labute approximate surface area is 43.5 Å². The molecule has 0 N–H and O–H groups in total. The molecule has 0 aromatic carbocycles. The second-order valence-electron chi connectivity index (χ2n) is 1.02. The van der Waals surface area contributed by atoms with Gasteiger partial charge in [-0.15, -0.1) is 0 Å². The van der Waals surface area contributed by atoms with Gasteiger partial charge in [-0.2, -0.15) is 10.3 Å². The maximum absolute atomic E-state index is 4.63. The zero-order valence-electron chi connectivity index (χ0n) is 4.88. The average Bonchev–Trinajstić information content (AvgIpc) is 1.68. The summed E-state index contributed by atoms with van der Waals surface area (Å²) in [4.78, 5) is 4.63. The van der Waals surface area contributed by atoms with E-state index in [4.69, 9.17) is 0 Å². The minimum Gasteiger partial charge on any atom is -0.260 e. The molecule has 0 radical (unpaired) electrons. The average molecular weight is 102 g/mol. The fourth-order valence-electron chi connectivity index (χ4n) is 0.210. The zero-order chi connectivity index (χ0) is 5.70. The van der Waals surface area contributed by atoms with Crippen LogP contribution in [-0.4, -0.2) is 25.5 Å². The maximum Gasteiger partial charge on any atom is 0.0657 e. The Morgan fingerprint density at radius 1 is 1.71 bits per heavy atom. The minimum atomic E-state index is 1.38. The number of hydroxylamine groups is 1. The van der Waals surface area contributed by atoms with Crippen LogP contribution in [0.5, 0.6) is 0 Å². The van der Waals surface area contributed by atoms with Crippen molar-refractivity contribution in [1.29, 1.82) is 0 Å². The van der Waals surface area contributed by atoms with Gasteiger partial charge in [0.05, 0.1) is 14.2 Å². The molecule has 0 aliphatic rings. The van der Waals surface area contributed by atoms with Crippen molar-refractivity contribution in [3.8, 4) is 0 Å². The monoisotopic (exact) mass is 102 g/mol. The van der Waals surface area contributed by atoms with E-state index in [1.54, 1.807) is 20.4 Å². The van der Waals surface area contributed by atoms with Crippen LogP contribution < -0.4 is 0 Å². The van der Waals surface area contributed by atoms with Crippen molar-refractivity contribution in [2.24, 2.45) is 5.10 Å². The predicted molar refractivity (Wildman–Crippen MR) is 28.9 cm³/mol. The molecular formula is C4H10N2O. The molecule has 0 rings (SSSR count). The van der Waals surface area contributed by atoms with Gasteiger partial charge in [-0.3, -0.25) is 4.84 Å². The highest BCUT2D eigenvalue weighted by Gasteiger charge is 1.77. The first-order valence-electron chi connectivity index (χ1n) is 2.07. The normalized spacial score (nSPS) is 10.1. The first-order chi connectivity index (χ1) is 3.31. The first kappa shape index (κ1) is 6.43. The Morgan fingerprint density at radius 3 is 2.43 bits per heavy atom. The van der Waals surface area contributed by atoms with Crippen LogP contribution in [0, 0.1) is 0 Å². The van der Waals surface area contributed by atoms with E-state index in [0.29, 0.717) is 0 Å². The van der Waals surface area contributed by atoms with E-state index in [0.717, 1.165) is 0 Å². The third-order valence-corrected chi connectivity index (χ3v) is 0.542.